The molecule has 0 spiro atoms. The van der Waals surface area contributed by atoms with Crippen LogP contribution in [0.3, 0.4) is 0 Å². The molecule has 2 aromatic carbocycles. The molecule has 0 aliphatic heterocycles. The van der Waals surface area contributed by atoms with Crippen LogP contribution in [0.15, 0.2) is 54.7 Å². The monoisotopic (exact) mass is 361 g/mol. The summed E-state index contributed by atoms with van der Waals surface area (Å²) in [6.45, 7) is 9.47. The van der Waals surface area contributed by atoms with Crippen LogP contribution < -0.4 is 10.6 Å². The van der Waals surface area contributed by atoms with Gasteiger partial charge in [-0.3, -0.25) is 0 Å². The lowest BCUT2D eigenvalue weighted by Crippen LogP contribution is -2.08. The van der Waals surface area contributed by atoms with Gasteiger partial charge in [-0.05, 0) is 28.5 Å². The number of hydrogen-bond donors (Lipinski definition) is 2. The van der Waals surface area contributed by atoms with E-state index in [1.807, 2.05) is 18.2 Å². The van der Waals surface area contributed by atoms with Crippen molar-refractivity contribution in [3.8, 4) is 0 Å². The van der Waals surface area contributed by atoms with Gasteiger partial charge >= 0.3 is 0 Å². The number of hydrogen-bond acceptors (Lipinski definition) is 5. The summed E-state index contributed by atoms with van der Waals surface area (Å²) in [4.78, 5) is 4.59. The summed E-state index contributed by atoms with van der Waals surface area (Å²) >= 11 is 0. The van der Waals surface area contributed by atoms with Crippen molar-refractivity contribution in [2.45, 2.75) is 46.1 Å². The lowest BCUT2D eigenvalue weighted by atomic mass is 9.92. The van der Waals surface area contributed by atoms with Gasteiger partial charge in [0.05, 0.1) is 6.20 Å². The molecule has 0 bridgehead atoms. The second kappa shape index (κ2) is 8.62. The number of nitrogens with zero attached hydrogens (tertiary/aromatic N) is 3. The number of benzene rings is 2. The van der Waals surface area contributed by atoms with Crippen LogP contribution in [0.1, 0.15) is 56.2 Å². The molecule has 0 aliphatic carbocycles. The number of para-hydroxylation sites is 1. The Morgan fingerprint density at radius 3 is 2.15 bits per heavy atom. The topological polar surface area (TPSA) is 62.7 Å². The Bertz CT molecular complexity index is 849. The molecule has 3 aromatic rings. The molecule has 2 N–H and O–H groups in total. The number of anilines is 3. The van der Waals surface area contributed by atoms with Gasteiger partial charge in [0.1, 0.15) is 0 Å². The molecule has 5 heteroatoms. The zero-order valence-corrected chi connectivity index (χ0v) is 16.4. The molecule has 0 saturated heterocycles. The van der Waals surface area contributed by atoms with Crippen molar-refractivity contribution in [2.75, 3.05) is 10.6 Å². The maximum absolute atomic E-state index is 4.59. The van der Waals surface area contributed by atoms with Crippen molar-refractivity contribution in [1.82, 2.24) is 15.2 Å². The Kier molecular flexibility index (Phi) is 6.01. The number of aromatic nitrogens is 3. The lowest BCUT2D eigenvalue weighted by Gasteiger charge is -2.20. The molecule has 0 unspecified atom stereocenters. The Morgan fingerprint density at radius 2 is 1.52 bits per heavy atom. The van der Waals surface area contributed by atoms with Crippen LogP contribution in [0, 0.1) is 0 Å². The lowest BCUT2D eigenvalue weighted by molar-refractivity contribution is 0.837. The van der Waals surface area contributed by atoms with Crippen LogP contribution in [0.4, 0.5) is 17.5 Å². The van der Waals surface area contributed by atoms with Crippen molar-refractivity contribution in [3.63, 3.8) is 0 Å². The SMILES string of the molecule is CC(C)c1cccc(C(C)C)c1Nc1cnnc(NCc2ccccc2)n1. The maximum Gasteiger partial charge on any atom is 0.244 e. The van der Waals surface area contributed by atoms with E-state index in [9.17, 15) is 0 Å². The summed E-state index contributed by atoms with van der Waals surface area (Å²) in [5.41, 5.74) is 4.85. The highest BCUT2D eigenvalue weighted by atomic mass is 15.3. The molecule has 0 fully saturated rings. The van der Waals surface area contributed by atoms with Gasteiger partial charge in [0.15, 0.2) is 5.82 Å². The van der Waals surface area contributed by atoms with E-state index in [0.29, 0.717) is 30.1 Å². The van der Waals surface area contributed by atoms with Crippen molar-refractivity contribution in [2.24, 2.45) is 0 Å². The van der Waals surface area contributed by atoms with Crippen molar-refractivity contribution in [3.05, 3.63) is 71.4 Å². The van der Waals surface area contributed by atoms with Gasteiger partial charge in [0.25, 0.3) is 0 Å². The fourth-order valence-electron chi connectivity index (χ4n) is 3.04. The Morgan fingerprint density at radius 1 is 0.852 bits per heavy atom. The third kappa shape index (κ3) is 4.82. The molecule has 140 valence electrons. The van der Waals surface area contributed by atoms with Gasteiger partial charge < -0.3 is 10.6 Å². The van der Waals surface area contributed by atoms with E-state index >= 15 is 0 Å². The highest BCUT2D eigenvalue weighted by Gasteiger charge is 2.14. The first kappa shape index (κ1) is 18.8. The fourth-order valence-corrected chi connectivity index (χ4v) is 3.04. The van der Waals surface area contributed by atoms with Crippen molar-refractivity contribution >= 4 is 17.5 Å². The average Bonchev–Trinajstić information content (AvgIpc) is 2.67. The first-order valence-corrected chi connectivity index (χ1v) is 9.42. The van der Waals surface area contributed by atoms with Gasteiger partial charge in [-0.15, -0.1) is 5.10 Å². The van der Waals surface area contributed by atoms with E-state index in [-0.39, 0.29) is 0 Å². The van der Waals surface area contributed by atoms with Crippen LogP contribution in [-0.4, -0.2) is 15.2 Å². The average molecular weight is 361 g/mol. The van der Waals surface area contributed by atoms with Gasteiger partial charge in [-0.1, -0.05) is 76.2 Å². The Balaban J connectivity index is 1.82. The summed E-state index contributed by atoms with van der Waals surface area (Å²) < 4.78 is 0. The summed E-state index contributed by atoms with van der Waals surface area (Å²) in [6.07, 6.45) is 1.66. The summed E-state index contributed by atoms with van der Waals surface area (Å²) in [7, 11) is 0. The van der Waals surface area contributed by atoms with Crippen molar-refractivity contribution < 1.29 is 0 Å². The predicted molar refractivity (Wildman–Crippen MR) is 111 cm³/mol. The first-order chi connectivity index (χ1) is 13.0. The Hall–Kier alpha value is -2.95. The zero-order valence-electron chi connectivity index (χ0n) is 16.4. The van der Waals surface area contributed by atoms with Gasteiger partial charge in [-0.25, -0.2) is 0 Å². The van der Waals surface area contributed by atoms with E-state index in [1.165, 1.54) is 16.7 Å². The second-order valence-corrected chi connectivity index (χ2v) is 7.25. The highest BCUT2D eigenvalue weighted by Crippen LogP contribution is 2.34. The molecule has 27 heavy (non-hydrogen) atoms. The van der Waals surface area contributed by atoms with Crippen LogP contribution in [-0.2, 0) is 6.54 Å². The zero-order chi connectivity index (χ0) is 19.2. The van der Waals surface area contributed by atoms with Crippen LogP contribution in [0.2, 0.25) is 0 Å². The fraction of sp³-hybridized carbons (Fsp3) is 0.318. The molecule has 0 amide bonds. The van der Waals surface area contributed by atoms with E-state index in [4.69, 9.17) is 0 Å². The molecule has 1 heterocycles. The van der Waals surface area contributed by atoms with E-state index in [0.717, 1.165) is 5.69 Å². The first-order valence-electron chi connectivity index (χ1n) is 9.42. The van der Waals surface area contributed by atoms with Gasteiger partial charge in [0, 0.05) is 12.2 Å². The van der Waals surface area contributed by atoms with Crippen LogP contribution in [0.5, 0.6) is 0 Å². The van der Waals surface area contributed by atoms with Gasteiger partial charge in [0.2, 0.25) is 5.95 Å². The maximum atomic E-state index is 4.59. The minimum absolute atomic E-state index is 0.414. The van der Waals surface area contributed by atoms with E-state index in [2.05, 4.69) is 83.8 Å². The molecule has 3 rings (SSSR count). The van der Waals surface area contributed by atoms with E-state index < -0.39 is 0 Å². The minimum Gasteiger partial charge on any atom is -0.349 e. The van der Waals surface area contributed by atoms with Crippen LogP contribution >= 0.6 is 0 Å². The molecule has 0 radical (unpaired) electrons. The minimum atomic E-state index is 0.414. The number of rotatable bonds is 7. The molecule has 1 aromatic heterocycles. The predicted octanol–water partition coefficient (Wildman–Crippen LogP) is 5.47. The number of nitrogens with one attached hydrogen (secondary N) is 2. The molecule has 0 atom stereocenters. The largest absolute Gasteiger partial charge is 0.349 e. The molecule has 0 aliphatic rings. The smallest absolute Gasteiger partial charge is 0.244 e. The molecular formula is C22H27N5. The van der Waals surface area contributed by atoms with Crippen LogP contribution in [0.25, 0.3) is 0 Å². The summed E-state index contributed by atoms with van der Waals surface area (Å²) in [6, 6.07) is 16.6. The third-order valence-corrected chi connectivity index (χ3v) is 4.48. The molecule has 5 nitrogen and oxygen atoms in total. The standard InChI is InChI=1S/C22H27N5/c1-15(2)18-11-8-12-19(16(3)4)21(18)25-20-14-24-27-22(26-20)23-13-17-9-6-5-7-10-17/h5-12,14-16H,13H2,1-4H3,(H2,23,25,26,27). The quantitative estimate of drug-likeness (QED) is 0.584. The highest BCUT2D eigenvalue weighted by molar-refractivity contribution is 5.66. The summed E-state index contributed by atoms with van der Waals surface area (Å²) in [5, 5.41) is 14.9. The van der Waals surface area contributed by atoms with Crippen molar-refractivity contribution in [1.29, 1.82) is 0 Å². The second-order valence-electron chi connectivity index (χ2n) is 7.25. The summed E-state index contributed by atoms with van der Waals surface area (Å²) in [5.74, 6) is 2.03. The third-order valence-electron chi connectivity index (χ3n) is 4.48. The van der Waals surface area contributed by atoms with E-state index in [1.54, 1.807) is 6.20 Å². The molecule has 0 saturated carbocycles. The normalized spacial score (nSPS) is 11.0. The Labute approximate surface area is 161 Å². The van der Waals surface area contributed by atoms with Gasteiger partial charge in [-0.2, -0.15) is 10.1 Å². The molecular weight excluding hydrogens is 334 g/mol.